The van der Waals surface area contributed by atoms with Crippen LogP contribution in [0.5, 0.6) is 0 Å². The largest absolute Gasteiger partial charge is 0.342 e. The van der Waals surface area contributed by atoms with E-state index in [1.165, 1.54) is 11.8 Å². The molecule has 0 saturated carbocycles. The van der Waals surface area contributed by atoms with Crippen molar-refractivity contribution in [2.75, 3.05) is 5.75 Å². The molecule has 0 fully saturated rings. The molecule has 2 aromatic carbocycles. The zero-order valence-electron chi connectivity index (χ0n) is 17.0. The van der Waals surface area contributed by atoms with Gasteiger partial charge in [-0.3, -0.25) is 9.59 Å². The van der Waals surface area contributed by atoms with Gasteiger partial charge < -0.3 is 9.88 Å². The van der Waals surface area contributed by atoms with Crippen molar-refractivity contribution in [1.29, 1.82) is 5.26 Å². The van der Waals surface area contributed by atoms with E-state index in [1.807, 2.05) is 24.5 Å². The molecule has 1 heterocycles. The number of nitriles is 1. The molecule has 1 atom stereocenters. The summed E-state index contributed by atoms with van der Waals surface area (Å²) in [6, 6.07) is 14.8. The lowest BCUT2D eigenvalue weighted by atomic mass is 10.1. The molecule has 0 aliphatic carbocycles. The van der Waals surface area contributed by atoms with Crippen LogP contribution < -0.4 is 5.32 Å². The zero-order valence-corrected chi connectivity index (χ0v) is 18.6. The van der Waals surface area contributed by atoms with Gasteiger partial charge in [-0.25, -0.2) is 0 Å². The van der Waals surface area contributed by atoms with E-state index >= 15 is 0 Å². The molecule has 0 bridgehead atoms. The Labute approximate surface area is 189 Å². The Balaban J connectivity index is 1.66. The zero-order chi connectivity index (χ0) is 22.4. The first kappa shape index (κ1) is 22.5. The Morgan fingerprint density at radius 3 is 2.39 bits per heavy atom. The van der Waals surface area contributed by atoms with Crippen LogP contribution in [0.25, 0.3) is 0 Å². The van der Waals surface area contributed by atoms with E-state index in [1.54, 1.807) is 48.5 Å². The molecule has 0 spiro atoms. The number of halogens is 1. The number of nitrogens with zero attached hydrogens (tertiary/aromatic N) is 4. The molecule has 1 amide bonds. The second-order valence-electron chi connectivity index (χ2n) is 6.69. The first-order valence-corrected chi connectivity index (χ1v) is 10.9. The average molecular weight is 454 g/mol. The molecular formula is C22H20ClN5O2S. The summed E-state index contributed by atoms with van der Waals surface area (Å²) < 4.78 is 1.88. The average Bonchev–Trinajstić information content (AvgIpc) is 3.21. The van der Waals surface area contributed by atoms with Crippen LogP contribution in [-0.2, 0) is 6.54 Å². The van der Waals surface area contributed by atoms with E-state index < -0.39 is 0 Å². The van der Waals surface area contributed by atoms with Crippen LogP contribution in [0.3, 0.4) is 0 Å². The van der Waals surface area contributed by atoms with Crippen LogP contribution in [0.15, 0.2) is 53.7 Å². The number of rotatable bonds is 8. The van der Waals surface area contributed by atoms with Crippen LogP contribution in [0, 0.1) is 11.3 Å². The lowest BCUT2D eigenvalue weighted by Gasteiger charge is -2.15. The highest BCUT2D eigenvalue weighted by Crippen LogP contribution is 2.22. The molecule has 3 aromatic rings. The van der Waals surface area contributed by atoms with E-state index in [-0.39, 0.29) is 23.5 Å². The van der Waals surface area contributed by atoms with E-state index in [2.05, 4.69) is 15.5 Å². The summed E-state index contributed by atoms with van der Waals surface area (Å²) in [5.41, 5.74) is 1.55. The maximum absolute atomic E-state index is 12.5. The number of ketones is 1. The summed E-state index contributed by atoms with van der Waals surface area (Å²) in [6.45, 7) is 4.38. The summed E-state index contributed by atoms with van der Waals surface area (Å²) in [7, 11) is 0. The first-order chi connectivity index (χ1) is 14.9. The van der Waals surface area contributed by atoms with Gasteiger partial charge in [-0.1, -0.05) is 35.5 Å². The van der Waals surface area contributed by atoms with E-state index in [4.69, 9.17) is 16.9 Å². The number of hydrogen-bond donors (Lipinski definition) is 1. The van der Waals surface area contributed by atoms with Crippen molar-refractivity contribution in [2.45, 2.75) is 31.6 Å². The van der Waals surface area contributed by atoms with Crippen molar-refractivity contribution in [2.24, 2.45) is 0 Å². The minimum absolute atomic E-state index is 0.0641. The molecule has 31 heavy (non-hydrogen) atoms. The van der Waals surface area contributed by atoms with Crippen LogP contribution in [0.2, 0.25) is 5.02 Å². The number of thioether (sulfide) groups is 1. The fourth-order valence-electron chi connectivity index (χ4n) is 2.91. The predicted octanol–water partition coefficient (Wildman–Crippen LogP) is 4.29. The number of nitrogens with one attached hydrogen (secondary N) is 1. The van der Waals surface area contributed by atoms with Gasteiger partial charge in [-0.2, -0.15) is 5.26 Å². The van der Waals surface area contributed by atoms with Gasteiger partial charge >= 0.3 is 0 Å². The molecule has 1 aromatic heterocycles. The Morgan fingerprint density at radius 1 is 1.13 bits per heavy atom. The Bertz CT molecular complexity index is 1120. The number of Topliss-reactive ketones (excluding diaryl/α,β-unsaturated/α-hetero) is 1. The quantitative estimate of drug-likeness (QED) is 0.403. The van der Waals surface area contributed by atoms with Crippen molar-refractivity contribution in [1.82, 2.24) is 20.1 Å². The number of benzene rings is 2. The molecule has 7 nitrogen and oxygen atoms in total. The Hall–Kier alpha value is -3.15. The molecular weight excluding hydrogens is 434 g/mol. The second kappa shape index (κ2) is 10.2. The molecule has 9 heteroatoms. The van der Waals surface area contributed by atoms with Gasteiger partial charge in [0.1, 0.15) is 0 Å². The van der Waals surface area contributed by atoms with Gasteiger partial charge in [-0.05, 0) is 50.2 Å². The van der Waals surface area contributed by atoms with Crippen LogP contribution in [0.4, 0.5) is 0 Å². The Morgan fingerprint density at radius 2 is 1.77 bits per heavy atom. The molecule has 0 aliphatic rings. The highest BCUT2D eigenvalue weighted by atomic mass is 35.5. The van der Waals surface area contributed by atoms with Gasteiger partial charge in [-0.15, -0.1) is 10.2 Å². The number of carbonyl (C=O) groups excluding carboxylic acids is 2. The van der Waals surface area contributed by atoms with E-state index in [0.29, 0.717) is 39.2 Å². The van der Waals surface area contributed by atoms with Crippen LogP contribution in [-0.4, -0.2) is 32.2 Å². The fourth-order valence-corrected chi connectivity index (χ4v) is 3.94. The third-order valence-corrected chi connectivity index (χ3v) is 5.79. The normalized spacial score (nSPS) is 11.5. The SMILES string of the molecule is CCn1c(SCC(=O)c2ccc(C#N)cc2)nnc1[C@H](C)NC(=O)c1ccc(Cl)cc1. The smallest absolute Gasteiger partial charge is 0.251 e. The van der Waals surface area contributed by atoms with Crippen molar-refractivity contribution < 1.29 is 9.59 Å². The molecule has 3 rings (SSSR count). The monoisotopic (exact) mass is 453 g/mol. The summed E-state index contributed by atoms with van der Waals surface area (Å²) >= 11 is 7.16. The van der Waals surface area contributed by atoms with Crippen molar-refractivity contribution in [3.05, 3.63) is 76.1 Å². The predicted molar refractivity (Wildman–Crippen MR) is 119 cm³/mol. The summed E-state index contributed by atoms with van der Waals surface area (Å²) in [5, 5.41) is 21.4. The third-order valence-electron chi connectivity index (χ3n) is 4.57. The standard InChI is InChI=1S/C22H20ClN5O2S/c1-3-28-20(14(2)25-21(30)17-8-10-18(23)11-9-17)26-27-22(28)31-13-19(29)16-6-4-15(12-24)5-7-16/h4-11,14H,3,13H2,1-2H3,(H,25,30)/t14-/m0/s1. The van der Waals surface area contributed by atoms with Gasteiger partial charge in [0, 0.05) is 22.7 Å². The maximum atomic E-state index is 12.5. The van der Waals surface area contributed by atoms with Crippen LogP contribution >= 0.6 is 23.4 Å². The van der Waals surface area contributed by atoms with Gasteiger partial charge in [0.25, 0.3) is 5.91 Å². The van der Waals surface area contributed by atoms with Crippen LogP contribution in [0.1, 0.15) is 52.0 Å². The molecule has 0 saturated heterocycles. The highest BCUT2D eigenvalue weighted by Gasteiger charge is 2.20. The van der Waals surface area contributed by atoms with Gasteiger partial charge in [0.05, 0.1) is 23.4 Å². The van der Waals surface area contributed by atoms with E-state index in [9.17, 15) is 9.59 Å². The molecule has 0 unspecified atom stereocenters. The van der Waals surface area contributed by atoms with Crippen molar-refractivity contribution >= 4 is 35.1 Å². The lowest BCUT2D eigenvalue weighted by molar-refractivity contribution is 0.0936. The lowest BCUT2D eigenvalue weighted by Crippen LogP contribution is -2.28. The maximum Gasteiger partial charge on any atom is 0.251 e. The second-order valence-corrected chi connectivity index (χ2v) is 8.07. The molecule has 0 radical (unpaired) electrons. The van der Waals surface area contributed by atoms with Gasteiger partial charge in [0.15, 0.2) is 16.8 Å². The van der Waals surface area contributed by atoms with Gasteiger partial charge in [0.2, 0.25) is 0 Å². The van der Waals surface area contributed by atoms with E-state index in [0.717, 1.165) is 0 Å². The number of hydrogen-bond acceptors (Lipinski definition) is 6. The van der Waals surface area contributed by atoms with Crippen molar-refractivity contribution in [3.63, 3.8) is 0 Å². The minimum atomic E-state index is -0.376. The minimum Gasteiger partial charge on any atom is -0.342 e. The topological polar surface area (TPSA) is 101 Å². The molecule has 1 N–H and O–H groups in total. The Kier molecular flexibility index (Phi) is 7.45. The number of aromatic nitrogens is 3. The van der Waals surface area contributed by atoms with Crippen molar-refractivity contribution in [3.8, 4) is 6.07 Å². The summed E-state index contributed by atoms with van der Waals surface area (Å²) in [4.78, 5) is 24.9. The fraction of sp³-hybridized carbons (Fsp3) is 0.227. The molecule has 0 aliphatic heterocycles. The third kappa shape index (κ3) is 5.51. The first-order valence-electron chi connectivity index (χ1n) is 9.58. The molecule has 158 valence electrons. The summed E-state index contributed by atoms with van der Waals surface area (Å²) in [5.74, 6) is 0.499. The highest BCUT2D eigenvalue weighted by molar-refractivity contribution is 7.99. The summed E-state index contributed by atoms with van der Waals surface area (Å²) in [6.07, 6.45) is 0. The number of amides is 1. The number of carbonyl (C=O) groups is 2.